The highest BCUT2D eigenvalue weighted by atomic mass is 79.9. The first-order valence-electron chi connectivity index (χ1n) is 35.4. The van der Waals surface area contributed by atoms with E-state index in [1.807, 2.05) is 0 Å². The van der Waals surface area contributed by atoms with Crippen molar-refractivity contribution in [1.82, 2.24) is 63.5 Å². The van der Waals surface area contributed by atoms with Crippen molar-refractivity contribution in [3.8, 4) is 0 Å². The maximum absolute atomic E-state index is 13.9. The molecule has 4 saturated heterocycles. The van der Waals surface area contributed by atoms with Gasteiger partial charge in [0, 0.05) is 33.1 Å². The van der Waals surface area contributed by atoms with Gasteiger partial charge < -0.3 is 67.4 Å². The fraction of sp³-hybridized carbons (Fsp3) is 0.352. The summed E-state index contributed by atoms with van der Waals surface area (Å²) in [5.41, 5.74) is 9.47. The zero-order chi connectivity index (χ0) is 89.7. The van der Waals surface area contributed by atoms with Crippen molar-refractivity contribution in [2.45, 2.75) is 90.4 Å². The van der Waals surface area contributed by atoms with Crippen molar-refractivity contribution in [1.29, 1.82) is 0 Å². The lowest BCUT2D eigenvalue weighted by atomic mass is 9.99. The number of fused-ring (bicyclic) bond motifs is 4. The van der Waals surface area contributed by atoms with Crippen LogP contribution in [0, 0.1) is 40.5 Å². The van der Waals surface area contributed by atoms with Gasteiger partial charge in [0.25, 0.3) is 28.1 Å². The molecule has 0 spiro atoms. The molecule has 0 atom stereocenters. The number of anilines is 4. The molecule has 4 fully saturated rings. The number of nitrogens with one attached hydrogen (secondary N) is 2. The van der Waals surface area contributed by atoms with Gasteiger partial charge in [0.05, 0.1) is 90.6 Å². The maximum atomic E-state index is 13.9. The molecule has 640 valence electrons. The highest BCUT2D eigenvalue weighted by Gasteiger charge is 2.45. The van der Waals surface area contributed by atoms with Crippen LogP contribution in [0.5, 0.6) is 0 Å². The number of carbonyl (C=O) groups excluding carboxylic acids is 7. The van der Waals surface area contributed by atoms with E-state index in [2.05, 4.69) is 46.2 Å². The number of carboxylic acid groups (broad SMARTS) is 1. The van der Waals surface area contributed by atoms with Gasteiger partial charge in [-0.25, -0.2) is 51.9 Å². The topological polar surface area (TPSA) is 627 Å². The molecule has 13 rings (SSSR count). The number of carbonyl (C=O) groups is 8. The second kappa shape index (κ2) is 35.9. The average molecular weight is 1780 g/mol. The summed E-state index contributed by atoms with van der Waals surface area (Å²) >= 11 is 8.87. The fourth-order valence-corrected chi connectivity index (χ4v) is 13.0. The van der Waals surface area contributed by atoms with Gasteiger partial charge in [-0.1, -0.05) is 39.7 Å². The zero-order valence-corrected chi connectivity index (χ0v) is 66.6. The lowest BCUT2D eigenvalue weighted by Gasteiger charge is -2.42. The molecule has 4 aliphatic heterocycles. The lowest BCUT2D eigenvalue weighted by Crippen LogP contribution is -2.60. The first kappa shape index (κ1) is 90.6. The van der Waals surface area contributed by atoms with E-state index in [-0.39, 0.29) is 156 Å². The molecule has 0 bridgehead atoms. The van der Waals surface area contributed by atoms with Gasteiger partial charge in [-0.15, -0.1) is 0 Å². The lowest BCUT2D eigenvalue weighted by molar-refractivity contribution is -0.384. The van der Waals surface area contributed by atoms with Crippen LogP contribution in [0.25, 0.3) is 44.1 Å². The number of carboxylic acids is 1. The van der Waals surface area contributed by atoms with Crippen LogP contribution < -0.4 is 50.5 Å². The second-order valence-electron chi connectivity index (χ2n) is 28.4. The Hall–Kier alpha value is -14.3. The van der Waals surface area contributed by atoms with Crippen LogP contribution in [0.3, 0.4) is 0 Å². The minimum absolute atomic E-state index is 0.0131. The summed E-state index contributed by atoms with van der Waals surface area (Å²) in [6.07, 6.45) is 3.50. The Labute approximate surface area is 687 Å². The Balaban J connectivity index is 0.000000179. The number of ether oxygens (including phenoxy) is 2. The molecule has 5 amide bonds. The number of halogens is 6. The summed E-state index contributed by atoms with van der Waals surface area (Å²) < 4.78 is 66.0. The number of nitro groups is 4. The number of H-pyrrole nitrogens is 1. The molecule has 44 nitrogen and oxygen atoms in total. The summed E-state index contributed by atoms with van der Waals surface area (Å²) in [7, 11) is 0. The van der Waals surface area contributed by atoms with E-state index in [1.54, 1.807) is 38.1 Å². The van der Waals surface area contributed by atoms with Crippen LogP contribution in [0.1, 0.15) is 88.5 Å². The molecule has 1 aromatic carbocycles. The van der Waals surface area contributed by atoms with Crippen LogP contribution in [0.15, 0.2) is 92.5 Å². The Morgan fingerprint density at radius 2 is 0.810 bits per heavy atom. The summed E-state index contributed by atoms with van der Waals surface area (Å²) in [5.74, 6) is -5.95. The van der Waals surface area contributed by atoms with E-state index in [9.17, 15) is 121 Å². The second-order valence-corrected chi connectivity index (χ2v) is 29.4. The first-order valence-corrected chi connectivity index (χ1v) is 36.9. The Bertz CT molecular complexity index is 6060. The molecule has 4 aliphatic rings. The molecule has 121 heavy (non-hydrogen) atoms. The highest BCUT2D eigenvalue weighted by molar-refractivity contribution is 9.09. The molecule has 0 unspecified atom stereocenters. The summed E-state index contributed by atoms with van der Waals surface area (Å²) in [6, 6.07) is 10.9. The third-order valence-corrected chi connectivity index (χ3v) is 19.2. The predicted octanol–water partition coefficient (Wildman–Crippen LogP) is 4.37. The molecule has 0 aliphatic carbocycles. The fourth-order valence-electron chi connectivity index (χ4n) is 12.6. The number of hydrogen-bond donors (Lipinski definition) is 7. The number of aromatic nitrogens is 8. The SMILES string of the molecule is CC1(F)CN(C(=O)CBr)C1.CC1(F)CN(C(=O)Cn2c(=O)c(C(=O)NCc3ccc(Cl)cc3)cc3c(N)c([N+](=O)[O-])cnc32)C1.CC1(F)CN(C(=O)Cn2c(=O)c(C(=O)O)cc3c(N)c([N+](=O)[O-])cnc32)C1.CCOC(=O)c1cc2c(N)c([N+](=O)[O-])cnc2[nH]c1=O.CCOC(=O)c1cc2c(N)c([N+](=O)[O-])cnc2n(CC(=O)N2CC(C)(F)C2)c1=O. The molecular formula is C71H71BrClF4N21O23. The zero-order valence-electron chi connectivity index (χ0n) is 64.2. The van der Waals surface area contributed by atoms with Crippen molar-refractivity contribution in [2.24, 2.45) is 0 Å². The van der Waals surface area contributed by atoms with Crippen molar-refractivity contribution >= 4 is 165 Å². The molecule has 0 saturated carbocycles. The normalized spacial score (nSPS) is 14.8. The molecule has 8 aromatic heterocycles. The average Bonchev–Trinajstić information content (AvgIpc) is 0.756. The van der Waals surface area contributed by atoms with Crippen LogP contribution >= 0.6 is 27.5 Å². The highest BCUT2D eigenvalue weighted by Crippen LogP contribution is 2.35. The monoisotopic (exact) mass is 1780 g/mol. The number of nitrogen functional groups attached to an aromatic ring is 4. The number of esters is 2. The number of alkyl halides is 5. The van der Waals surface area contributed by atoms with Crippen molar-refractivity contribution in [2.75, 3.05) is 93.8 Å². The number of nitrogens with two attached hydrogens (primary N) is 4. The summed E-state index contributed by atoms with van der Waals surface area (Å²) in [6.45, 7) is 6.78. The van der Waals surface area contributed by atoms with E-state index in [4.69, 9.17) is 44.0 Å². The van der Waals surface area contributed by atoms with E-state index in [1.165, 1.54) is 47.3 Å². The number of aromatic amines is 1. The Kier molecular flexibility index (Phi) is 26.9. The molecule has 12 heterocycles. The molecule has 0 radical (unpaired) electrons. The van der Waals surface area contributed by atoms with E-state index >= 15 is 0 Å². The summed E-state index contributed by atoms with van der Waals surface area (Å²) in [5, 5.41) is 56.8. The maximum Gasteiger partial charge on any atom is 0.343 e. The number of likely N-dealkylation sites (tertiary alicyclic amines) is 4. The standard InChI is InChI=1S/C22H20ClFN6O5.C17H18FN5O6.C15H14FN5O6.C11H10N4O5.C6H9BrFNO/c1-22(24)10-28(11-22)17(31)9-29-19-14(18(25)16(8-26-19)30(34)35)6-15(21(29)33)20(32)27-7-12-2-4-13(23)5-3-12;1-3-29-16(26)10-4-9-13(19)11(23(27)28)5-20-14(9)22(15(10)25)6-12(24)21-7-17(2,18)8-21;1-15(16)5-19(6-15)10(22)4-20-12-7(2-8(13(20)23)14(24)25)11(17)9(3-18-12)21(26)27;1-2-20-11(17)6-3-5-8(12)7(15(18)19)4-13-9(5)14-10(6)16;1-6(8)3-9(4-6)5(10)2-7/h2-6,8H,7,9-11H2,1H3,(H2,25,26)(H,27,32);4-5H,3,6-8H2,1-2H3,(H2,19,20);2-3H,4-6H2,1H3,(H2,17,18)(H,24,25);3-4H,2H2,1H3,(H3,12,13,14,16);2-4H2,1H3. The molecular weight excluding hydrogens is 1710 g/mol. The van der Waals surface area contributed by atoms with Gasteiger partial charge >= 0.3 is 40.7 Å². The number of amides is 5. The molecule has 50 heteroatoms. The van der Waals surface area contributed by atoms with E-state index < -0.39 is 160 Å². The third kappa shape index (κ3) is 20.3. The minimum atomic E-state index is -1.59. The van der Waals surface area contributed by atoms with Crippen molar-refractivity contribution in [3.63, 3.8) is 0 Å². The van der Waals surface area contributed by atoms with Gasteiger partial charge in [-0.2, -0.15) is 0 Å². The van der Waals surface area contributed by atoms with E-state index in [0.29, 0.717) is 15.9 Å². The van der Waals surface area contributed by atoms with Crippen LogP contribution in [0.4, 0.5) is 63.1 Å². The van der Waals surface area contributed by atoms with Crippen molar-refractivity contribution in [3.05, 3.63) is 188 Å². The Morgan fingerprint density at radius 3 is 1.15 bits per heavy atom. The molecule has 9 aromatic rings. The van der Waals surface area contributed by atoms with Crippen LogP contribution in [0.2, 0.25) is 5.02 Å². The first-order chi connectivity index (χ1) is 56.5. The number of hydrogen-bond acceptors (Lipinski definition) is 30. The number of nitrogens with zero attached hydrogens (tertiary/aromatic N) is 15. The van der Waals surface area contributed by atoms with E-state index in [0.717, 1.165) is 62.8 Å². The van der Waals surface area contributed by atoms with Gasteiger partial charge in [0.2, 0.25) is 23.6 Å². The molecule has 11 N–H and O–H groups in total. The quantitative estimate of drug-likeness (QED) is 0.0194. The number of pyridine rings is 8. The van der Waals surface area contributed by atoms with Crippen LogP contribution in [-0.2, 0) is 54.8 Å². The van der Waals surface area contributed by atoms with Gasteiger partial charge in [-0.05, 0) is 83.5 Å². The number of aromatic carboxylic acids is 1. The van der Waals surface area contributed by atoms with Crippen LogP contribution in [-0.4, -0.2) is 224 Å². The number of rotatable bonds is 19. The van der Waals surface area contributed by atoms with Gasteiger partial charge in [0.1, 0.15) is 135 Å². The van der Waals surface area contributed by atoms with Crippen molar-refractivity contribution < 1.29 is 90.2 Å². The third-order valence-electron chi connectivity index (χ3n) is 18.5. The largest absolute Gasteiger partial charge is 0.477 e. The Morgan fingerprint density at radius 1 is 0.504 bits per heavy atom. The summed E-state index contributed by atoms with van der Waals surface area (Å²) in [4.78, 5) is 211. The van der Waals surface area contributed by atoms with Gasteiger partial charge in [0.15, 0.2) is 0 Å². The van der Waals surface area contributed by atoms with Gasteiger partial charge in [-0.3, -0.25) is 97.3 Å². The number of benzene rings is 1. The smallest absolute Gasteiger partial charge is 0.343 e. The minimum Gasteiger partial charge on any atom is -0.477 e. The predicted molar refractivity (Wildman–Crippen MR) is 424 cm³/mol.